The number of aryl methyl sites for hydroxylation is 1. The van der Waals surface area contributed by atoms with Crippen LogP contribution in [0.1, 0.15) is 17.0 Å². The summed E-state index contributed by atoms with van der Waals surface area (Å²) in [5.74, 6) is 0.0720. The first kappa shape index (κ1) is 14.5. The van der Waals surface area contributed by atoms with Crippen molar-refractivity contribution >= 4 is 26.7 Å². The number of benzene rings is 2. The van der Waals surface area contributed by atoms with E-state index in [0.29, 0.717) is 0 Å². The Kier molecular flexibility index (Phi) is 4.22. The lowest BCUT2D eigenvalue weighted by Gasteiger charge is -2.15. The van der Waals surface area contributed by atoms with Gasteiger partial charge in [-0.1, -0.05) is 64.0 Å². The third-order valence-corrected chi connectivity index (χ3v) is 5.80. The molecule has 0 spiro atoms. The topological polar surface area (TPSA) is 17.1 Å². The molecule has 21 heavy (non-hydrogen) atoms. The largest absolute Gasteiger partial charge is 0.249 e. The van der Waals surface area contributed by atoms with Gasteiger partial charge in [0.25, 0.3) is 0 Å². The molecule has 0 bridgehead atoms. The summed E-state index contributed by atoms with van der Waals surface area (Å²) in [6.07, 6.45) is 6.06. The molecule has 0 saturated carbocycles. The van der Waals surface area contributed by atoms with Gasteiger partial charge >= 0.3 is 0 Å². The zero-order valence-electron chi connectivity index (χ0n) is 11.6. The predicted octanol–water partition coefficient (Wildman–Crippen LogP) is 5.10. The maximum absolute atomic E-state index is 12.8. The molecule has 3 heteroatoms. The van der Waals surface area contributed by atoms with Gasteiger partial charge in [-0.15, -0.1) is 0 Å². The lowest BCUT2D eigenvalue weighted by Crippen LogP contribution is -2.04. The third kappa shape index (κ3) is 2.94. The van der Waals surface area contributed by atoms with Crippen LogP contribution in [0, 0.1) is 6.92 Å². The number of allylic oxidation sites excluding steroid dienone is 4. The summed E-state index contributed by atoms with van der Waals surface area (Å²) in [6.45, 7) is 2.03. The Morgan fingerprint density at radius 2 is 1.76 bits per heavy atom. The highest BCUT2D eigenvalue weighted by Gasteiger charge is 2.24. The molecule has 2 aromatic rings. The van der Waals surface area contributed by atoms with Crippen LogP contribution < -0.4 is 0 Å². The van der Waals surface area contributed by atoms with Crippen LogP contribution in [0.4, 0.5) is 0 Å². The minimum Gasteiger partial charge on any atom is -0.249 e. The fourth-order valence-corrected chi connectivity index (χ4v) is 4.24. The Hall–Kier alpha value is -1.45. The third-order valence-electron chi connectivity index (χ3n) is 3.56. The molecule has 1 aliphatic carbocycles. The molecular formula is C18H15BrOS. The van der Waals surface area contributed by atoms with E-state index < -0.39 is 10.8 Å². The van der Waals surface area contributed by atoms with Crippen LogP contribution in [-0.4, -0.2) is 4.21 Å². The second-order valence-corrected chi connectivity index (χ2v) is 7.37. The van der Waals surface area contributed by atoms with E-state index in [1.54, 1.807) is 0 Å². The van der Waals surface area contributed by atoms with Crippen molar-refractivity contribution < 1.29 is 4.21 Å². The Morgan fingerprint density at radius 1 is 1.05 bits per heavy atom. The minimum absolute atomic E-state index is 0.0720. The van der Waals surface area contributed by atoms with Gasteiger partial charge in [0.1, 0.15) is 0 Å². The van der Waals surface area contributed by atoms with E-state index in [-0.39, 0.29) is 5.92 Å². The predicted molar refractivity (Wildman–Crippen MR) is 91.7 cm³/mol. The highest BCUT2D eigenvalue weighted by molar-refractivity contribution is 9.10. The Morgan fingerprint density at radius 3 is 2.48 bits per heavy atom. The fourth-order valence-electron chi connectivity index (χ4n) is 2.42. The summed E-state index contributed by atoms with van der Waals surface area (Å²) in [6, 6.07) is 16.0. The van der Waals surface area contributed by atoms with Gasteiger partial charge in [-0.2, -0.15) is 0 Å². The Labute approximate surface area is 136 Å². The van der Waals surface area contributed by atoms with Gasteiger partial charge in [0, 0.05) is 20.2 Å². The van der Waals surface area contributed by atoms with Crippen molar-refractivity contribution in [1.82, 2.24) is 0 Å². The average Bonchev–Trinajstić information content (AvgIpc) is 2.97. The van der Waals surface area contributed by atoms with E-state index in [1.807, 2.05) is 61.5 Å². The zero-order valence-corrected chi connectivity index (χ0v) is 14.0. The van der Waals surface area contributed by atoms with Crippen LogP contribution in [0.25, 0.3) is 0 Å². The molecule has 0 heterocycles. The standard InChI is InChI=1S/C18H15BrOS/c1-13-9-11-14(12-10-13)21(20)18-8-4-6-16(18)15-5-2-3-7-17(15)19/h2-12,16H,1H3. The second kappa shape index (κ2) is 6.12. The summed E-state index contributed by atoms with van der Waals surface area (Å²) in [4.78, 5) is 1.79. The molecule has 3 rings (SSSR count). The molecule has 0 aromatic heterocycles. The first-order chi connectivity index (χ1) is 10.2. The van der Waals surface area contributed by atoms with Crippen molar-refractivity contribution in [2.75, 3.05) is 0 Å². The monoisotopic (exact) mass is 358 g/mol. The number of halogens is 1. The van der Waals surface area contributed by atoms with E-state index in [4.69, 9.17) is 0 Å². The van der Waals surface area contributed by atoms with Crippen LogP contribution in [0.2, 0.25) is 0 Å². The highest BCUT2D eigenvalue weighted by atomic mass is 79.9. The maximum atomic E-state index is 12.8. The first-order valence-electron chi connectivity index (χ1n) is 6.78. The van der Waals surface area contributed by atoms with Gasteiger partial charge in [0.2, 0.25) is 0 Å². The van der Waals surface area contributed by atoms with Crippen LogP contribution in [-0.2, 0) is 10.8 Å². The number of hydrogen-bond acceptors (Lipinski definition) is 1. The molecule has 0 amide bonds. The van der Waals surface area contributed by atoms with Gasteiger partial charge < -0.3 is 0 Å². The second-order valence-electron chi connectivity index (χ2n) is 5.03. The van der Waals surface area contributed by atoms with E-state index in [2.05, 4.69) is 28.1 Å². The fraction of sp³-hybridized carbons (Fsp3) is 0.111. The smallest absolute Gasteiger partial charge is 0.0817 e. The SMILES string of the molecule is Cc1ccc(S(=O)C2=CC=CC2c2ccccc2Br)cc1. The molecule has 0 radical (unpaired) electrons. The maximum Gasteiger partial charge on any atom is 0.0817 e. The lowest BCUT2D eigenvalue weighted by molar-refractivity contribution is 0.685. The minimum atomic E-state index is -1.13. The lowest BCUT2D eigenvalue weighted by atomic mass is 10.0. The molecule has 0 aliphatic heterocycles. The van der Waals surface area contributed by atoms with Crippen molar-refractivity contribution in [1.29, 1.82) is 0 Å². The highest BCUT2D eigenvalue weighted by Crippen LogP contribution is 2.37. The van der Waals surface area contributed by atoms with Crippen LogP contribution in [0.3, 0.4) is 0 Å². The summed E-state index contributed by atoms with van der Waals surface area (Å²) in [5, 5.41) is 0. The van der Waals surface area contributed by atoms with Crippen molar-refractivity contribution in [2.24, 2.45) is 0 Å². The summed E-state index contributed by atoms with van der Waals surface area (Å²) >= 11 is 3.59. The molecule has 2 unspecified atom stereocenters. The summed E-state index contributed by atoms with van der Waals surface area (Å²) in [5.41, 5.74) is 2.33. The van der Waals surface area contributed by atoms with Gasteiger partial charge in [-0.3, -0.25) is 0 Å². The molecule has 1 aliphatic rings. The van der Waals surface area contributed by atoms with E-state index in [0.717, 1.165) is 19.8 Å². The molecular weight excluding hydrogens is 344 g/mol. The van der Waals surface area contributed by atoms with Crippen LogP contribution in [0.5, 0.6) is 0 Å². The number of hydrogen-bond donors (Lipinski definition) is 0. The Balaban J connectivity index is 1.94. The number of rotatable bonds is 3. The first-order valence-corrected chi connectivity index (χ1v) is 8.72. The molecule has 2 aromatic carbocycles. The Bertz CT molecular complexity index is 744. The van der Waals surface area contributed by atoms with E-state index >= 15 is 0 Å². The van der Waals surface area contributed by atoms with Crippen molar-refractivity contribution in [3.8, 4) is 0 Å². The van der Waals surface area contributed by atoms with Crippen LogP contribution >= 0.6 is 15.9 Å². The van der Waals surface area contributed by atoms with Crippen LogP contribution in [0.15, 0.2) is 81.0 Å². The van der Waals surface area contributed by atoms with Gasteiger partial charge in [-0.05, 0) is 36.8 Å². The quantitative estimate of drug-likeness (QED) is 0.745. The molecule has 0 saturated heterocycles. The summed E-state index contributed by atoms with van der Waals surface area (Å²) in [7, 11) is -1.13. The van der Waals surface area contributed by atoms with Crippen molar-refractivity contribution in [2.45, 2.75) is 17.7 Å². The summed E-state index contributed by atoms with van der Waals surface area (Å²) < 4.78 is 13.9. The molecule has 0 fully saturated rings. The zero-order chi connectivity index (χ0) is 14.8. The van der Waals surface area contributed by atoms with Gasteiger partial charge in [-0.25, -0.2) is 4.21 Å². The van der Waals surface area contributed by atoms with Gasteiger partial charge in [0.05, 0.1) is 10.8 Å². The van der Waals surface area contributed by atoms with Crippen molar-refractivity contribution in [3.05, 3.63) is 87.3 Å². The average molecular weight is 359 g/mol. The van der Waals surface area contributed by atoms with Gasteiger partial charge in [0.15, 0.2) is 0 Å². The van der Waals surface area contributed by atoms with Crippen molar-refractivity contribution in [3.63, 3.8) is 0 Å². The van der Waals surface area contributed by atoms with E-state index in [1.165, 1.54) is 5.56 Å². The molecule has 2 atom stereocenters. The molecule has 106 valence electrons. The normalized spacial score (nSPS) is 18.6. The molecule has 0 N–H and O–H groups in total. The van der Waals surface area contributed by atoms with E-state index in [9.17, 15) is 4.21 Å². The molecule has 1 nitrogen and oxygen atoms in total.